The molecule has 0 radical (unpaired) electrons. The molecule has 0 aromatic carbocycles. The third-order valence-corrected chi connectivity index (χ3v) is 1.78. The predicted molar refractivity (Wildman–Crippen MR) is 52.0 cm³/mol. The second-order valence-electron chi connectivity index (χ2n) is 2.87. The SMILES string of the molecule is CCCc1cncnc1C(=O)OCC. The summed E-state index contributed by atoms with van der Waals surface area (Å²) in [6.07, 6.45) is 4.79. The van der Waals surface area contributed by atoms with Gasteiger partial charge in [-0.2, -0.15) is 0 Å². The van der Waals surface area contributed by atoms with Gasteiger partial charge in [-0.05, 0) is 13.3 Å². The number of aromatic nitrogens is 2. The smallest absolute Gasteiger partial charge is 0.357 e. The summed E-state index contributed by atoms with van der Waals surface area (Å²) in [6.45, 7) is 4.19. The highest BCUT2D eigenvalue weighted by Crippen LogP contribution is 2.07. The number of aryl methyl sites for hydroxylation is 1. The number of hydrogen-bond acceptors (Lipinski definition) is 4. The van der Waals surface area contributed by atoms with Crippen LogP contribution < -0.4 is 0 Å². The molecular formula is C10H14N2O2. The Morgan fingerprint density at radius 3 is 2.93 bits per heavy atom. The van der Waals surface area contributed by atoms with Crippen LogP contribution in [0.4, 0.5) is 0 Å². The second-order valence-corrected chi connectivity index (χ2v) is 2.87. The number of carbonyl (C=O) groups is 1. The Morgan fingerprint density at radius 2 is 2.29 bits per heavy atom. The van der Waals surface area contributed by atoms with Crippen molar-refractivity contribution in [2.45, 2.75) is 26.7 Å². The van der Waals surface area contributed by atoms with Gasteiger partial charge in [-0.1, -0.05) is 13.3 Å². The molecule has 1 aromatic heterocycles. The van der Waals surface area contributed by atoms with Gasteiger partial charge < -0.3 is 4.74 Å². The van der Waals surface area contributed by atoms with Gasteiger partial charge in [-0.3, -0.25) is 0 Å². The van der Waals surface area contributed by atoms with Crippen molar-refractivity contribution in [3.8, 4) is 0 Å². The number of hydrogen-bond donors (Lipinski definition) is 0. The van der Waals surface area contributed by atoms with E-state index in [2.05, 4.69) is 9.97 Å². The van der Waals surface area contributed by atoms with E-state index in [9.17, 15) is 4.79 Å². The van der Waals surface area contributed by atoms with Crippen LogP contribution in [0.1, 0.15) is 36.3 Å². The van der Waals surface area contributed by atoms with E-state index in [1.54, 1.807) is 13.1 Å². The van der Waals surface area contributed by atoms with Gasteiger partial charge in [0.05, 0.1) is 6.61 Å². The van der Waals surface area contributed by atoms with Crippen LogP contribution in [0.2, 0.25) is 0 Å². The molecule has 0 aliphatic rings. The highest BCUT2D eigenvalue weighted by Gasteiger charge is 2.12. The van der Waals surface area contributed by atoms with Gasteiger partial charge in [0.25, 0.3) is 0 Å². The molecule has 1 aromatic rings. The van der Waals surface area contributed by atoms with E-state index in [0.717, 1.165) is 18.4 Å². The molecule has 0 fully saturated rings. The molecular weight excluding hydrogens is 180 g/mol. The fourth-order valence-corrected chi connectivity index (χ4v) is 1.19. The molecule has 1 rings (SSSR count). The zero-order chi connectivity index (χ0) is 10.4. The molecule has 14 heavy (non-hydrogen) atoms. The molecule has 0 bridgehead atoms. The van der Waals surface area contributed by atoms with Crippen LogP contribution in [0.25, 0.3) is 0 Å². The van der Waals surface area contributed by atoms with Crippen molar-refractivity contribution >= 4 is 5.97 Å². The van der Waals surface area contributed by atoms with Crippen LogP contribution in [-0.4, -0.2) is 22.5 Å². The Morgan fingerprint density at radius 1 is 1.50 bits per heavy atom. The van der Waals surface area contributed by atoms with Gasteiger partial charge in [0.2, 0.25) is 0 Å². The van der Waals surface area contributed by atoms with Crippen molar-refractivity contribution in [3.63, 3.8) is 0 Å². The first-order chi connectivity index (χ1) is 6.79. The molecule has 0 unspecified atom stereocenters. The molecule has 76 valence electrons. The Hall–Kier alpha value is -1.45. The molecule has 0 saturated heterocycles. The zero-order valence-electron chi connectivity index (χ0n) is 8.49. The summed E-state index contributed by atoms with van der Waals surface area (Å²) in [5.41, 5.74) is 1.25. The van der Waals surface area contributed by atoms with E-state index in [-0.39, 0.29) is 5.97 Å². The van der Waals surface area contributed by atoms with Crippen LogP contribution >= 0.6 is 0 Å². The summed E-state index contributed by atoms with van der Waals surface area (Å²) in [6, 6.07) is 0. The average molecular weight is 194 g/mol. The summed E-state index contributed by atoms with van der Waals surface area (Å²) in [4.78, 5) is 19.2. The van der Waals surface area contributed by atoms with E-state index >= 15 is 0 Å². The highest BCUT2D eigenvalue weighted by atomic mass is 16.5. The Labute approximate surface area is 83.3 Å². The van der Waals surface area contributed by atoms with Crippen molar-refractivity contribution < 1.29 is 9.53 Å². The second kappa shape index (κ2) is 5.32. The van der Waals surface area contributed by atoms with E-state index in [4.69, 9.17) is 4.74 Å². The van der Waals surface area contributed by atoms with Crippen LogP contribution in [0.5, 0.6) is 0 Å². The number of esters is 1. The highest BCUT2D eigenvalue weighted by molar-refractivity contribution is 5.88. The van der Waals surface area contributed by atoms with E-state index in [1.807, 2.05) is 6.92 Å². The maximum Gasteiger partial charge on any atom is 0.357 e. The van der Waals surface area contributed by atoms with Crippen LogP contribution in [0.15, 0.2) is 12.5 Å². The van der Waals surface area contributed by atoms with Crippen molar-refractivity contribution in [2.75, 3.05) is 6.61 Å². The van der Waals surface area contributed by atoms with Crippen molar-refractivity contribution in [2.24, 2.45) is 0 Å². The first kappa shape index (κ1) is 10.6. The maximum atomic E-state index is 11.4. The third-order valence-electron chi connectivity index (χ3n) is 1.78. The average Bonchev–Trinajstić information content (AvgIpc) is 2.19. The molecule has 0 spiro atoms. The first-order valence-corrected chi connectivity index (χ1v) is 4.75. The normalized spacial score (nSPS) is 9.86. The Balaban J connectivity index is 2.88. The van der Waals surface area contributed by atoms with Crippen LogP contribution in [0, 0.1) is 0 Å². The number of rotatable bonds is 4. The minimum atomic E-state index is -0.363. The quantitative estimate of drug-likeness (QED) is 0.683. The van der Waals surface area contributed by atoms with E-state index < -0.39 is 0 Å². The zero-order valence-corrected chi connectivity index (χ0v) is 8.49. The first-order valence-electron chi connectivity index (χ1n) is 4.75. The summed E-state index contributed by atoms with van der Waals surface area (Å²) in [5.74, 6) is -0.363. The monoisotopic (exact) mass is 194 g/mol. The Bertz CT molecular complexity index is 313. The van der Waals surface area contributed by atoms with Crippen molar-refractivity contribution in [3.05, 3.63) is 23.8 Å². The lowest BCUT2D eigenvalue weighted by Crippen LogP contribution is -2.10. The lowest BCUT2D eigenvalue weighted by molar-refractivity contribution is 0.0518. The molecule has 0 aliphatic heterocycles. The maximum absolute atomic E-state index is 11.4. The molecule has 0 aliphatic carbocycles. The molecule has 0 N–H and O–H groups in total. The fourth-order valence-electron chi connectivity index (χ4n) is 1.19. The summed E-state index contributed by atoms with van der Waals surface area (Å²) in [7, 11) is 0. The molecule has 0 saturated carbocycles. The van der Waals surface area contributed by atoms with Crippen LogP contribution in [0.3, 0.4) is 0 Å². The predicted octanol–water partition coefficient (Wildman–Crippen LogP) is 1.61. The molecule has 4 heteroatoms. The van der Waals surface area contributed by atoms with Gasteiger partial charge in [0.1, 0.15) is 6.33 Å². The molecule has 4 nitrogen and oxygen atoms in total. The van der Waals surface area contributed by atoms with Crippen LogP contribution in [-0.2, 0) is 11.2 Å². The van der Waals surface area contributed by atoms with E-state index in [1.165, 1.54) is 6.33 Å². The van der Waals surface area contributed by atoms with Gasteiger partial charge in [0.15, 0.2) is 5.69 Å². The Kier molecular flexibility index (Phi) is 4.04. The van der Waals surface area contributed by atoms with E-state index in [0.29, 0.717) is 12.3 Å². The summed E-state index contributed by atoms with van der Waals surface area (Å²) < 4.78 is 4.89. The lowest BCUT2D eigenvalue weighted by atomic mass is 10.1. The topological polar surface area (TPSA) is 52.1 Å². The lowest BCUT2D eigenvalue weighted by Gasteiger charge is -2.05. The molecule has 1 heterocycles. The minimum Gasteiger partial charge on any atom is -0.461 e. The standard InChI is InChI=1S/C10H14N2O2/c1-3-5-8-6-11-7-12-9(8)10(13)14-4-2/h6-7H,3-5H2,1-2H3. The van der Waals surface area contributed by atoms with Crippen molar-refractivity contribution in [1.82, 2.24) is 9.97 Å². The number of carbonyl (C=O) groups excluding carboxylic acids is 1. The number of nitrogens with zero attached hydrogens (tertiary/aromatic N) is 2. The van der Waals surface area contributed by atoms with Gasteiger partial charge in [0, 0.05) is 11.8 Å². The van der Waals surface area contributed by atoms with Gasteiger partial charge in [-0.25, -0.2) is 14.8 Å². The number of ether oxygens (including phenoxy) is 1. The molecule has 0 atom stereocenters. The summed E-state index contributed by atoms with van der Waals surface area (Å²) in [5, 5.41) is 0. The molecule has 0 amide bonds. The van der Waals surface area contributed by atoms with Gasteiger partial charge in [-0.15, -0.1) is 0 Å². The summed E-state index contributed by atoms with van der Waals surface area (Å²) >= 11 is 0. The van der Waals surface area contributed by atoms with Crippen molar-refractivity contribution in [1.29, 1.82) is 0 Å². The van der Waals surface area contributed by atoms with Gasteiger partial charge >= 0.3 is 5.97 Å². The minimum absolute atomic E-state index is 0.363. The fraction of sp³-hybridized carbons (Fsp3) is 0.500. The largest absolute Gasteiger partial charge is 0.461 e. The third kappa shape index (κ3) is 2.52.